The van der Waals surface area contributed by atoms with E-state index in [1.165, 1.54) is 36.5 Å². The van der Waals surface area contributed by atoms with Crippen molar-refractivity contribution in [2.24, 2.45) is 0 Å². The minimum absolute atomic E-state index is 0.0514. The van der Waals surface area contributed by atoms with Crippen LogP contribution in [0.1, 0.15) is 21.6 Å². The molecule has 0 aliphatic rings. The summed E-state index contributed by atoms with van der Waals surface area (Å²) in [5.74, 6) is -0.904. The van der Waals surface area contributed by atoms with Gasteiger partial charge in [0.15, 0.2) is 0 Å². The molecule has 0 bridgehead atoms. The highest BCUT2D eigenvalue weighted by molar-refractivity contribution is 7.90. The van der Waals surface area contributed by atoms with E-state index in [-0.39, 0.29) is 18.1 Å². The second-order valence-electron chi connectivity index (χ2n) is 5.40. The van der Waals surface area contributed by atoms with Crippen LogP contribution >= 0.6 is 0 Å². The molecule has 0 fully saturated rings. The van der Waals surface area contributed by atoms with Gasteiger partial charge in [0.1, 0.15) is 11.5 Å². The summed E-state index contributed by atoms with van der Waals surface area (Å²) < 4.78 is 31.7. The molecule has 0 aliphatic carbocycles. The average molecular weight is 390 g/mol. The number of ether oxygens (including phenoxy) is 1. The van der Waals surface area contributed by atoms with E-state index >= 15 is 0 Å². The van der Waals surface area contributed by atoms with E-state index in [1.54, 1.807) is 13.8 Å². The second-order valence-corrected chi connectivity index (χ2v) is 7.06. The molecular weight excluding hydrogens is 372 g/mol. The van der Waals surface area contributed by atoms with Gasteiger partial charge in [-0.2, -0.15) is 0 Å². The van der Waals surface area contributed by atoms with Gasteiger partial charge >= 0.3 is 12.0 Å². The number of aryl methyl sites for hydroxylation is 2. The average Bonchev–Trinajstić information content (AvgIpc) is 2.62. The fourth-order valence-corrected chi connectivity index (χ4v) is 3.08. The molecule has 0 atom stereocenters. The Kier molecular flexibility index (Phi) is 6.24. The molecule has 0 aliphatic heterocycles. The summed E-state index contributed by atoms with van der Waals surface area (Å²) in [6.07, 6.45) is 2.85. The number of hydrogen-bond acceptors (Lipinski definition) is 7. The van der Waals surface area contributed by atoms with Gasteiger partial charge in [-0.05, 0) is 31.5 Å². The monoisotopic (exact) mass is 390 g/mol. The Morgan fingerprint density at radius 2 is 1.96 bits per heavy atom. The number of anilines is 1. The van der Waals surface area contributed by atoms with Crippen molar-refractivity contribution in [3.8, 4) is 0 Å². The van der Waals surface area contributed by atoms with Crippen LogP contribution in [0.3, 0.4) is 0 Å². The number of rotatable bonds is 6. The van der Waals surface area contributed by atoms with Crippen molar-refractivity contribution in [2.45, 2.75) is 18.7 Å². The fourth-order valence-electron chi connectivity index (χ4n) is 1.97. The minimum atomic E-state index is -4.34. The predicted molar refractivity (Wildman–Crippen MR) is 97.8 cm³/mol. The number of nitrogens with one attached hydrogen (secondary N) is 2. The van der Waals surface area contributed by atoms with Gasteiger partial charge in [0.05, 0.1) is 5.56 Å². The summed E-state index contributed by atoms with van der Waals surface area (Å²) in [7, 11) is -4.34. The zero-order chi connectivity index (χ0) is 20.0. The standard InChI is InChI=1S/C17H18N4O5S/c1-4-9-26-15(22)13-7-5-6-8-14(13)27(24,25)21-17(23)20-16-18-10-11(2)12(3)19-16/h4-8,10H,1,9H2,2-3H3,(H2,18,19,20,21,23). The summed E-state index contributed by atoms with van der Waals surface area (Å²) in [5.41, 5.74) is 1.25. The molecule has 1 aromatic heterocycles. The van der Waals surface area contributed by atoms with Crippen LogP contribution in [0.2, 0.25) is 0 Å². The van der Waals surface area contributed by atoms with Gasteiger partial charge in [-0.15, -0.1) is 0 Å². The molecule has 142 valence electrons. The second kappa shape index (κ2) is 8.41. The van der Waals surface area contributed by atoms with Crippen LogP contribution in [-0.2, 0) is 14.8 Å². The van der Waals surface area contributed by atoms with E-state index in [0.29, 0.717) is 5.69 Å². The molecule has 1 heterocycles. The van der Waals surface area contributed by atoms with Gasteiger partial charge in [-0.25, -0.2) is 32.7 Å². The Labute approximate surface area is 156 Å². The van der Waals surface area contributed by atoms with E-state index in [4.69, 9.17) is 4.74 Å². The third-order valence-electron chi connectivity index (χ3n) is 3.41. The first-order chi connectivity index (χ1) is 12.7. The number of benzene rings is 1. The zero-order valence-electron chi connectivity index (χ0n) is 14.7. The highest BCUT2D eigenvalue weighted by Crippen LogP contribution is 2.16. The topological polar surface area (TPSA) is 127 Å². The number of aromatic nitrogens is 2. The van der Waals surface area contributed by atoms with Crippen LogP contribution in [-0.4, -0.2) is 37.0 Å². The Morgan fingerprint density at radius 1 is 1.26 bits per heavy atom. The van der Waals surface area contributed by atoms with Gasteiger partial charge in [0.25, 0.3) is 10.0 Å². The van der Waals surface area contributed by atoms with Crippen LogP contribution in [0.5, 0.6) is 0 Å². The molecule has 2 aromatic rings. The minimum Gasteiger partial charge on any atom is -0.458 e. The quantitative estimate of drug-likeness (QED) is 0.570. The van der Waals surface area contributed by atoms with Gasteiger partial charge in [0.2, 0.25) is 5.95 Å². The molecule has 27 heavy (non-hydrogen) atoms. The van der Waals surface area contributed by atoms with Gasteiger partial charge in [-0.1, -0.05) is 24.8 Å². The van der Waals surface area contributed by atoms with E-state index in [9.17, 15) is 18.0 Å². The SMILES string of the molecule is C=CCOC(=O)c1ccccc1S(=O)(=O)NC(=O)Nc1ncc(C)c(C)n1. The molecule has 9 nitrogen and oxygen atoms in total. The lowest BCUT2D eigenvalue weighted by Gasteiger charge is -2.11. The summed E-state index contributed by atoms with van der Waals surface area (Å²) >= 11 is 0. The number of nitrogens with zero attached hydrogens (tertiary/aromatic N) is 2. The highest BCUT2D eigenvalue weighted by Gasteiger charge is 2.25. The fraction of sp³-hybridized carbons (Fsp3) is 0.176. The van der Waals surface area contributed by atoms with Gasteiger partial charge < -0.3 is 4.74 Å². The first kappa shape index (κ1) is 20.0. The van der Waals surface area contributed by atoms with Crippen molar-refractivity contribution in [1.29, 1.82) is 0 Å². The van der Waals surface area contributed by atoms with Crippen LogP contribution in [0.15, 0.2) is 48.0 Å². The third kappa shape index (κ3) is 5.11. The lowest BCUT2D eigenvalue weighted by atomic mass is 10.2. The van der Waals surface area contributed by atoms with E-state index in [2.05, 4.69) is 21.9 Å². The molecule has 2 N–H and O–H groups in total. The zero-order valence-corrected chi connectivity index (χ0v) is 15.5. The van der Waals surface area contributed by atoms with E-state index < -0.39 is 26.9 Å². The van der Waals surface area contributed by atoms with Crippen molar-refractivity contribution in [2.75, 3.05) is 11.9 Å². The summed E-state index contributed by atoms with van der Waals surface area (Å²) in [6, 6.07) is 4.31. The van der Waals surface area contributed by atoms with Gasteiger partial charge in [0, 0.05) is 11.9 Å². The molecule has 2 amide bonds. The number of carbonyl (C=O) groups excluding carboxylic acids is 2. The Morgan fingerprint density at radius 3 is 2.63 bits per heavy atom. The van der Waals surface area contributed by atoms with Crippen LogP contribution in [0, 0.1) is 13.8 Å². The Bertz CT molecular complexity index is 989. The maximum absolute atomic E-state index is 12.5. The van der Waals surface area contributed by atoms with Gasteiger partial charge in [-0.3, -0.25) is 5.32 Å². The van der Waals surface area contributed by atoms with Crippen LogP contribution < -0.4 is 10.0 Å². The van der Waals surface area contributed by atoms with Crippen molar-refractivity contribution in [1.82, 2.24) is 14.7 Å². The largest absolute Gasteiger partial charge is 0.458 e. The molecule has 0 unspecified atom stereocenters. The molecule has 0 radical (unpaired) electrons. The molecule has 1 aromatic carbocycles. The van der Waals surface area contributed by atoms with Crippen molar-refractivity contribution < 1.29 is 22.7 Å². The molecule has 0 saturated carbocycles. The van der Waals surface area contributed by atoms with Crippen molar-refractivity contribution in [3.05, 3.63) is 59.9 Å². The predicted octanol–water partition coefficient (Wildman–Crippen LogP) is 1.95. The number of carbonyl (C=O) groups is 2. The first-order valence-electron chi connectivity index (χ1n) is 7.75. The van der Waals surface area contributed by atoms with Crippen molar-refractivity contribution >= 4 is 28.0 Å². The number of amides is 2. The summed E-state index contributed by atoms with van der Waals surface area (Å²) in [4.78, 5) is 31.6. The number of sulfonamides is 1. The summed E-state index contributed by atoms with van der Waals surface area (Å²) in [6.45, 7) is 6.86. The maximum atomic E-state index is 12.5. The third-order valence-corrected chi connectivity index (χ3v) is 4.80. The molecule has 2 rings (SSSR count). The Hall–Kier alpha value is -3.27. The highest BCUT2D eigenvalue weighted by atomic mass is 32.2. The maximum Gasteiger partial charge on any atom is 0.339 e. The Balaban J connectivity index is 2.21. The smallest absolute Gasteiger partial charge is 0.339 e. The molecule has 0 saturated heterocycles. The number of urea groups is 1. The van der Waals surface area contributed by atoms with E-state index in [0.717, 1.165) is 5.56 Å². The van der Waals surface area contributed by atoms with Crippen molar-refractivity contribution in [3.63, 3.8) is 0 Å². The number of hydrogen-bond donors (Lipinski definition) is 2. The summed E-state index contributed by atoms with van der Waals surface area (Å²) in [5, 5.41) is 2.24. The molecule has 10 heteroatoms. The van der Waals surface area contributed by atoms with E-state index in [1.807, 2.05) is 4.72 Å². The van der Waals surface area contributed by atoms with Crippen LogP contribution in [0.4, 0.5) is 10.7 Å². The first-order valence-corrected chi connectivity index (χ1v) is 9.24. The van der Waals surface area contributed by atoms with Crippen LogP contribution in [0.25, 0.3) is 0 Å². The molecule has 0 spiro atoms. The lowest BCUT2D eigenvalue weighted by molar-refractivity contribution is 0.0545. The molecular formula is C17H18N4O5S. The normalized spacial score (nSPS) is 10.7. The number of esters is 1. The lowest BCUT2D eigenvalue weighted by Crippen LogP contribution is -2.35.